The smallest absolute Gasteiger partial charge is 0.264 e. The Balaban J connectivity index is 1.80. The average Bonchev–Trinajstić information content (AvgIpc) is 3.03. The Hall–Kier alpha value is -3.73. The Morgan fingerprint density at radius 1 is 0.909 bits per heavy atom. The number of carbonyl (C=O) groups excluding carboxylic acids is 2. The van der Waals surface area contributed by atoms with Crippen LogP contribution in [0.1, 0.15) is 24.5 Å². The van der Waals surface area contributed by atoms with Gasteiger partial charge in [-0.2, -0.15) is 0 Å². The van der Waals surface area contributed by atoms with E-state index >= 15 is 0 Å². The summed E-state index contributed by atoms with van der Waals surface area (Å²) in [6.45, 7) is 1.71. The Bertz CT molecular complexity index is 1680. The molecule has 7 nitrogen and oxygen atoms in total. The van der Waals surface area contributed by atoms with Crippen LogP contribution in [0.2, 0.25) is 5.02 Å². The van der Waals surface area contributed by atoms with Gasteiger partial charge >= 0.3 is 0 Å². The molecule has 4 rings (SSSR count). The predicted octanol–water partition coefficient (Wildman–Crippen LogP) is 6.60. The monoisotopic (exact) mass is 699 g/mol. The number of halogens is 3. The van der Waals surface area contributed by atoms with Crippen molar-refractivity contribution in [3.05, 3.63) is 130 Å². The van der Waals surface area contributed by atoms with Crippen molar-refractivity contribution in [2.75, 3.05) is 17.4 Å². The van der Waals surface area contributed by atoms with Crippen LogP contribution >= 0.6 is 27.5 Å². The highest BCUT2D eigenvalue weighted by Gasteiger charge is 2.34. The van der Waals surface area contributed by atoms with Gasteiger partial charge in [0.05, 0.1) is 15.6 Å². The van der Waals surface area contributed by atoms with Crippen molar-refractivity contribution in [1.29, 1.82) is 0 Å². The zero-order valence-corrected chi connectivity index (χ0v) is 27.2. The predicted molar refractivity (Wildman–Crippen MR) is 174 cm³/mol. The van der Waals surface area contributed by atoms with Gasteiger partial charge < -0.3 is 10.2 Å². The quantitative estimate of drug-likeness (QED) is 0.170. The normalized spacial score (nSPS) is 11.9. The molecule has 0 unspecified atom stereocenters. The molecular weight excluding hydrogens is 669 g/mol. The Morgan fingerprint density at radius 2 is 1.55 bits per heavy atom. The van der Waals surface area contributed by atoms with Crippen molar-refractivity contribution in [3.8, 4) is 0 Å². The van der Waals surface area contributed by atoms with E-state index in [1.54, 1.807) is 18.2 Å². The first-order valence-electron chi connectivity index (χ1n) is 14.0. The van der Waals surface area contributed by atoms with E-state index in [2.05, 4.69) is 21.2 Å². The summed E-state index contributed by atoms with van der Waals surface area (Å²) in [5, 5.41) is 2.61. The van der Waals surface area contributed by atoms with Gasteiger partial charge in [0.1, 0.15) is 18.4 Å². The molecular formula is C33H32BrClFN3O4S. The summed E-state index contributed by atoms with van der Waals surface area (Å²) in [6, 6.07) is 26.7. The third-order valence-corrected chi connectivity index (χ3v) is 9.49. The molecule has 0 aliphatic heterocycles. The molecule has 0 spiro atoms. The highest BCUT2D eigenvalue weighted by Crippen LogP contribution is 2.28. The van der Waals surface area contributed by atoms with E-state index in [0.29, 0.717) is 13.0 Å². The van der Waals surface area contributed by atoms with Crippen LogP contribution in [0.5, 0.6) is 0 Å². The molecule has 0 aliphatic rings. The largest absolute Gasteiger partial charge is 0.354 e. The number of benzene rings is 4. The first-order valence-corrected chi connectivity index (χ1v) is 16.6. The van der Waals surface area contributed by atoms with Gasteiger partial charge in [-0.25, -0.2) is 12.8 Å². The summed E-state index contributed by atoms with van der Waals surface area (Å²) in [5.41, 5.74) is 1.58. The summed E-state index contributed by atoms with van der Waals surface area (Å²) in [6.07, 6.45) is 0.894. The molecule has 2 amide bonds. The number of carbonyl (C=O) groups is 2. The van der Waals surface area contributed by atoms with Gasteiger partial charge in [0.25, 0.3) is 10.0 Å². The molecule has 1 N–H and O–H groups in total. The number of nitrogens with zero attached hydrogens (tertiary/aromatic N) is 2. The van der Waals surface area contributed by atoms with Crippen LogP contribution in [0.4, 0.5) is 10.1 Å². The standard InChI is InChI=1S/C33H32BrClFN3O4S/c1-2-19-37-33(41)31(20-24-9-5-3-6-10-24)38(22-25-13-15-26(34)16-14-25)32(40)23-39(27-17-18-30(36)29(35)21-27)44(42,43)28-11-7-4-8-12-28/h3-18,21,31H,2,19-20,22-23H2,1H3,(H,37,41)/t31-/m0/s1. The lowest BCUT2D eigenvalue weighted by Gasteiger charge is -2.34. The van der Waals surface area contributed by atoms with Crippen LogP contribution in [0.15, 0.2) is 112 Å². The second kappa shape index (κ2) is 15.3. The molecule has 11 heteroatoms. The molecule has 44 heavy (non-hydrogen) atoms. The van der Waals surface area contributed by atoms with Crippen LogP contribution < -0.4 is 9.62 Å². The van der Waals surface area contributed by atoms with Crippen molar-refractivity contribution < 1.29 is 22.4 Å². The van der Waals surface area contributed by atoms with Gasteiger partial charge in [0.15, 0.2) is 0 Å². The summed E-state index contributed by atoms with van der Waals surface area (Å²) in [7, 11) is -4.31. The van der Waals surface area contributed by atoms with E-state index in [4.69, 9.17) is 11.6 Å². The highest BCUT2D eigenvalue weighted by molar-refractivity contribution is 9.10. The summed E-state index contributed by atoms with van der Waals surface area (Å²) >= 11 is 9.48. The van der Waals surface area contributed by atoms with E-state index in [9.17, 15) is 22.4 Å². The van der Waals surface area contributed by atoms with Crippen molar-refractivity contribution in [2.24, 2.45) is 0 Å². The number of sulfonamides is 1. The minimum atomic E-state index is -4.31. The minimum absolute atomic E-state index is 0.00670. The number of rotatable bonds is 13. The lowest BCUT2D eigenvalue weighted by atomic mass is 10.0. The molecule has 230 valence electrons. The number of hydrogen-bond acceptors (Lipinski definition) is 4. The zero-order chi connectivity index (χ0) is 31.7. The van der Waals surface area contributed by atoms with Crippen molar-refractivity contribution in [3.63, 3.8) is 0 Å². The molecule has 0 bridgehead atoms. The maximum atomic E-state index is 14.4. The van der Waals surface area contributed by atoms with Crippen LogP contribution in [0.3, 0.4) is 0 Å². The van der Waals surface area contributed by atoms with Gasteiger partial charge in [-0.1, -0.05) is 95.1 Å². The van der Waals surface area contributed by atoms with Gasteiger partial charge in [-0.05, 0) is 60.0 Å². The maximum Gasteiger partial charge on any atom is 0.264 e. The zero-order valence-electron chi connectivity index (χ0n) is 24.0. The Morgan fingerprint density at radius 3 is 2.16 bits per heavy atom. The fourth-order valence-electron chi connectivity index (χ4n) is 4.60. The summed E-state index contributed by atoms with van der Waals surface area (Å²) in [4.78, 5) is 29.4. The van der Waals surface area contributed by atoms with E-state index in [0.717, 1.165) is 26.0 Å². The van der Waals surface area contributed by atoms with Crippen LogP contribution in [-0.2, 0) is 32.6 Å². The topological polar surface area (TPSA) is 86.8 Å². The Kier molecular flexibility index (Phi) is 11.5. The Labute approximate surface area is 270 Å². The number of nitrogens with one attached hydrogen (secondary N) is 1. The van der Waals surface area contributed by atoms with E-state index in [1.165, 1.54) is 29.2 Å². The second-order valence-corrected chi connectivity index (χ2v) is 13.3. The van der Waals surface area contributed by atoms with Gasteiger partial charge in [0.2, 0.25) is 11.8 Å². The SMILES string of the molecule is CCCNC(=O)[C@H](Cc1ccccc1)N(Cc1ccc(Br)cc1)C(=O)CN(c1ccc(F)c(Cl)c1)S(=O)(=O)c1ccccc1. The molecule has 0 saturated carbocycles. The minimum Gasteiger partial charge on any atom is -0.354 e. The lowest BCUT2D eigenvalue weighted by molar-refractivity contribution is -0.140. The number of hydrogen-bond donors (Lipinski definition) is 1. The first-order chi connectivity index (χ1) is 21.1. The number of amides is 2. The molecule has 0 aliphatic carbocycles. The molecule has 0 fully saturated rings. The fourth-order valence-corrected chi connectivity index (χ4v) is 6.46. The summed E-state index contributed by atoms with van der Waals surface area (Å²) < 4.78 is 43.8. The van der Waals surface area contributed by atoms with E-state index in [-0.39, 0.29) is 34.5 Å². The molecule has 0 saturated heterocycles. The van der Waals surface area contributed by atoms with Gasteiger partial charge in [0, 0.05) is 24.0 Å². The average molecular weight is 701 g/mol. The van der Waals surface area contributed by atoms with Crippen LogP contribution in [0.25, 0.3) is 0 Å². The molecule has 1 atom stereocenters. The number of anilines is 1. The van der Waals surface area contributed by atoms with Crippen molar-refractivity contribution >= 4 is 55.1 Å². The third-order valence-electron chi connectivity index (χ3n) is 6.89. The van der Waals surface area contributed by atoms with Gasteiger partial charge in [-0.15, -0.1) is 0 Å². The second-order valence-electron chi connectivity index (χ2n) is 10.1. The van der Waals surface area contributed by atoms with Crippen LogP contribution in [0, 0.1) is 5.82 Å². The van der Waals surface area contributed by atoms with E-state index < -0.39 is 34.3 Å². The molecule has 0 radical (unpaired) electrons. The fraction of sp³-hybridized carbons (Fsp3) is 0.212. The molecule has 4 aromatic carbocycles. The first kappa shape index (κ1) is 33.2. The molecule has 0 heterocycles. The van der Waals surface area contributed by atoms with Crippen molar-refractivity contribution in [2.45, 2.75) is 37.2 Å². The molecule has 0 aromatic heterocycles. The van der Waals surface area contributed by atoms with Crippen LogP contribution in [-0.4, -0.2) is 44.3 Å². The maximum absolute atomic E-state index is 14.4. The third kappa shape index (κ3) is 8.46. The van der Waals surface area contributed by atoms with Gasteiger partial charge in [-0.3, -0.25) is 13.9 Å². The summed E-state index contributed by atoms with van der Waals surface area (Å²) in [5.74, 6) is -1.71. The van der Waals surface area contributed by atoms with E-state index in [1.807, 2.05) is 61.5 Å². The van der Waals surface area contributed by atoms with Crippen molar-refractivity contribution in [1.82, 2.24) is 10.2 Å². The highest BCUT2D eigenvalue weighted by atomic mass is 79.9. The molecule has 4 aromatic rings. The lowest BCUT2D eigenvalue weighted by Crippen LogP contribution is -2.53.